The van der Waals surface area contributed by atoms with Gasteiger partial charge in [0, 0.05) is 23.4 Å². The number of aryl methyl sites for hydroxylation is 1. The van der Waals surface area contributed by atoms with E-state index in [1.165, 1.54) is 12.1 Å². The van der Waals surface area contributed by atoms with Crippen molar-refractivity contribution < 1.29 is 9.18 Å². The monoisotopic (exact) mass is 392 g/mol. The van der Waals surface area contributed by atoms with Crippen molar-refractivity contribution >= 4 is 17.7 Å². The van der Waals surface area contributed by atoms with E-state index in [0.717, 1.165) is 33.6 Å². The maximum Gasteiger partial charge on any atom is 0.318 e. The van der Waals surface area contributed by atoms with E-state index in [9.17, 15) is 9.18 Å². The Bertz CT molecular complexity index is 1080. The smallest absolute Gasteiger partial charge is 0.318 e. The topological polar surface area (TPSA) is 110 Å². The summed E-state index contributed by atoms with van der Waals surface area (Å²) in [5.41, 5.74) is 17.5. The molecule has 0 fully saturated rings. The number of carbonyl (C=O) groups excluding carboxylic acids is 1. The zero-order chi connectivity index (χ0) is 20.5. The summed E-state index contributed by atoms with van der Waals surface area (Å²) in [5, 5.41) is 2.86. The quantitative estimate of drug-likeness (QED) is 0.594. The summed E-state index contributed by atoms with van der Waals surface area (Å²) >= 11 is 0. The van der Waals surface area contributed by atoms with Crippen molar-refractivity contribution in [2.45, 2.75) is 26.6 Å². The third-order valence-electron chi connectivity index (χ3n) is 4.95. The first-order chi connectivity index (χ1) is 13.9. The Labute approximate surface area is 167 Å². The average molecular weight is 392 g/mol. The van der Waals surface area contributed by atoms with Crippen LogP contribution in [0.5, 0.6) is 0 Å². The molecule has 0 aliphatic carbocycles. The van der Waals surface area contributed by atoms with Gasteiger partial charge in [-0.1, -0.05) is 18.2 Å². The van der Waals surface area contributed by atoms with E-state index in [4.69, 9.17) is 11.5 Å². The molecule has 2 heterocycles. The van der Waals surface area contributed by atoms with E-state index < -0.39 is 0 Å². The van der Waals surface area contributed by atoms with Crippen LogP contribution in [0.4, 0.5) is 20.8 Å². The lowest BCUT2D eigenvalue weighted by Crippen LogP contribution is -2.36. The second-order valence-corrected chi connectivity index (χ2v) is 7.07. The third-order valence-corrected chi connectivity index (χ3v) is 4.95. The molecular weight excluding hydrogens is 371 g/mol. The molecule has 8 heteroatoms. The van der Waals surface area contributed by atoms with Gasteiger partial charge in [-0.25, -0.2) is 19.2 Å². The van der Waals surface area contributed by atoms with Crippen LogP contribution in [0.3, 0.4) is 0 Å². The number of nitrogens with two attached hydrogens (primary N) is 2. The number of nitrogen functional groups attached to an aromatic ring is 2. The van der Waals surface area contributed by atoms with E-state index in [1.807, 2.05) is 25.1 Å². The van der Waals surface area contributed by atoms with E-state index in [2.05, 4.69) is 15.3 Å². The van der Waals surface area contributed by atoms with Gasteiger partial charge in [0.05, 0.1) is 24.5 Å². The molecule has 1 aliphatic heterocycles. The van der Waals surface area contributed by atoms with Gasteiger partial charge in [-0.2, -0.15) is 0 Å². The molecule has 0 radical (unpaired) electrons. The number of carbonyl (C=O) groups is 1. The molecule has 3 aromatic rings. The fraction of sp³-hybridized carbons (Fsp3) is 0.190. The highest BCUT2D eigenvalue weighted by molar-refractivity contribution is 5.77. The minimum Gasteiger partial charge on any atom is -0.399 e. The van der Waals surface area contributed by atoms with Crippen molar-refractivity contribution in [3.05, 3.63) is 70.7 Å². The van der Waals surface area contributed by atoms with Gasteiger partial charge in [0.1, 0.15) is 5.82 Å². The van der Waals surface area contributed by atoms with Crippen LogP contribution in [0.15, 0.2) is 42.5 Å². The first-order valence-corrected chi connectivity index (χ1v) is 9.19. The molecule has 0 saturated heterocycles. The molecule has 2 amide bonds. The van der Waals surface area contributed by atoms with Crippen LogP contribution in [-0.4, -0.2) is 20.9 Å². The van der Waals surface area contributed by atoms with Crippen molar-refractivity contribution in [3.8, 4) is 11.3 Å². The number of nitrogens with zero attached hydrogens (tertiary/aromatic N) is 3. The van der Waals surface area contributed by atoms with E-state index in [0.29, 0.717) is 25.3 Å². The number of hydrogen-bond donors (Lipinski definition) is 3. The largest absolute Gasteiger partial charge is 0.399 e. The predicted octanol–water partition coefficient (Wildman–Crippen LogP) is 2.98. The molecule has 2 aromatic carbocycles. The summed E-state index contributed by atoms with van der Waals surface area (Å²) in [6, 6.07) is 11.4. The number of halogens is 1. The van der Waals surface area contributed by atoms with Gasteiger partial charge >= 0.3 is 6.03 Å². The predicted molar refractivity (Wildman–Crippen MR) is 109 cm³/mol. The summed E-state index contributed by atoms with van der Waals surface area (Å²) in [6.07, 6.45) is 0. The molecule has 5 N–H and O–H groups in total. The Morgan fingerprint density at radius 1 is 1.14 bits per heavy atom. The Morgan fingerprint density at radius 2 is 1.90 bits per heavy atom. The lowest BCUT2D eigenvalue weighted by atomic mass is 10.0. The Kier molecular flexibility index (Phi) is 4.75. The standard InChI is InChI=1S/C21H21FN6O/c1-12-8-15(23)6-7-16(12)19-17-10-28(11-18(17)26-20(24)27-19)21(29)25-9-13-2-4-14(22)5-3-13/h2-8H,9-11,23H2,1H3,(H,25,29)(H2,24,26,27). The zero-order valence-electron chi connectivity index (χ0n) is 15.9. The maximum absolute atomic E-state index is 13.0. The summed E-state index contributed by atoms with van der Waals surface area (Å²) < 4.78 is 13.0. The zero-order valence-corrected chi connectivity index (χ0v) is 15.9. The second-order valence-electron chi connectivity index (χ2n) is 7.07. The Balaban J connectivity index is 1.54. The van der Waals surface area contributed by atoms with Crippen molar-refractivity contribution in [1.82, 2.24) is 20.2 Å². The second kappa shape index (κ2) is 7.38. The van der Waals surface area contributed by atoms with Crippen LogP contribution in [-0.2, 0) is 19.6 Å². The first kappa shape index (κ1) is 18.7. The lowest BCUT2D eigenvalue weighted by Gasteiger charge is -2.16. The Hall–Kier alpha value is -3.68. The van der Waals surface area contributed by atoms with Crippen molar-refractivity contribution in [3.63, 3.8) is 0 Å². The Morgan fingerprint density at radius 3 is 2.62 bits per heavy atom. The van der Waals surface area contributed by atoms with Gasteiger partial charge in [-0.3, -0.25) is 0 Å². The van der Waals surface area contributed by atoms with Crippen LogP contribution in [0, 0.1) is 12.7 Å². The third kappa shape index (κ3) is 3.82. The van der Waals surface area contributed by atoms with E-state index in [1.54, 1.807) is 17.0 Å². The number of aromatic nitrogens is 2. The van der Waals surface area contributed by atoms with Crippen LogP contribution in [0.25, 0.3) is 11.3 Å². The molecule has 0 bridgehead atoms. The van der Waals surface area contributed by atoms with Crippen molar-refractivity contribution in [1.29, 1.82) is 0 Å². The number of benzene rings is 2. The molecule has 148 valence electrons. The number of urea groups is 1. The molecule has 1 aliphatic rings. The van der Waals surface area contributed by atoms with Crippen LogP contribution in [0.2, 0.25) is 0 Å². The minimum absolute atomic E-state index is 0.170. The fourth-order valence-electron chi connectivity index (χ4n) is 3.48. The van der Waals surface area contributed by atoms with Crippen LogP contribution < -0.4 is 16.8 Å². The molecule has 4 rings (SSSR count). The molecule has 7 nitrogen and oxygen atoms in total. The summed E-state index contributed by atoms with van der Waals surface area (Å²) in [7, 11) is 0. The number of anilines is 2. The minimum atomic E-state index is -0.309. The molecule has 29 heavy (non-hydrogen) atoms. The van der Waals surface area contributed by atoms with E-state index >= 15 is 0 Å². The lowest BCUT2D eigenvalue weighted by molar-refractivity contribution is 0.198. The summed E-state index contributed by atoms with van der Waals surface area (Å²) in [5.74, 6) is -0.139. The van der Waals surface area contributed by atoms with Crippen LogP contribution >= 0.6 is 0 Å². The van der Waals surface area contributed by atoms with Gasteiger partial charge in [0.2, 0.25) is 5.95 Å². The highest BCUT2D eigenvalue weighted by Gasteiger charge is 2.29. The van der Waals surface area contributed by atoms with E-state index in [-0.39, 0.29) is 17.8 Å². The van der Waals surface area contributed by atoms with Crippen molar-refractivity contribution in [2.75, 3.05) is 11.5 Å². The number of rotatable bonds is 3. The molecule has 0 spiro atoms. The highest BCUT2D eigenvalue weighted by Crippen LogP contribution is 2.33. The number of nitrogens with one attached hydrogen (secondary N) is 1. The first-order valence-electron chi connectivity index (χ1n) is 9.19. The normalized spacial score (nSPS) is 12.7. The van der Waals surface area contributed by atoms with Gasteiger partial charge in [0.15, 0.2) is 0 Å². The van der Waals surface area contributed by atoms with Gasteiger partial charge < -0.3 is 21.7 Å². The molecule has 0 saturated carbocycles. The van der Waals surface area contributed by atoms with Gasteiger partial charge in [0.25, 0.3) is 0 Å². The highest BCUT2D eigenvalue weighted by atomic mass is 19.1. The van der Waals surface area contributed by atoms with Crippen LogP contribution in [0.1, 0.15) is 22.4 Å². The average Bonchev–Trinajstić information content (AvgIpc) is 3.11. The number of fused-ring (bicyclic) bond motifs is 1. The molecular formula is C21H21FN6O. The molecule has 0 unspecified atom stereocenters. The maximum atomic E-state index is 13.0. The number of amides is 2. The molecule has 1 aromatic heterocycles. The molecule has 0 atom stereocenters. The van der Waals surface area contributed by atoms with Gasteiger partial charge in [-0.15, -0.1) is 0 Å². The fourth-order valence-corrected chi connectivity index (χ4v) is 3.48. The van der Waals surface area contributed by atoms with Gasteiger partial charge in [-0.05, 0) is 42.3 Å². The number of hydrogen-bond acceptors (Lipinski definition) is 5. The summed E-state index contributed by atoms with van der Waals surface area (Å²) in [4.78, 5) is 23.1. The SMILES string of the molecule is Cc1cc(N)ccc1-c1nc(N)nc2c1CN(C(=O)NCc1ccc(F)cc1)C2. The van der Waals surface area contributed by atoms with Crippen molar-refractivity contribution in [2.24, 2.45) is 0 Å². The summed E-state index contributed by atoms with van der Waals surface area (Å²) in [6.45, 7) is 2.99.